The Labute approximate surface area is 176 Å². The van der Waals surface area contributed by atoms with Gasteiger partial charge in [0.15, 0.2) is 11.5 Å². The van der Waals surface area contributed by atoms with Crippen LogP contribution < -0.4 is 5.32 Å². The van der Waals surface area contributed by atoms with E-state index in [-0.39, 0.29) is 5.91 Å². The van der Waals surface area contributed by atoms with E-state index >= 15 is 0 Å². The van der Waals surface area contributed by atoms with Gasteiger partial charge in [0, 0.05) is 23.6 Å². The van der Waals surface area contributed by atoms with Crippen molar-refractivity contribution in [2.75, 3.05) is 26.2 Å². The van der Waals surface area contributed by atoms with E-state index < -0.39 is 0 Å². The van der Waals surface area contributed by atoms with Crippen molar-refractivity contribution in [3.63, 3.8) is 0 Å². The molecule has 1 fully saturated rings. The molecule has 0 unspecified atom stereocenters. The van der Waals surface area contributed by atoms with Gasteiger partial charge in [-0.25, -0.2) is 4.98 Å². The summed E-state index contributed by atoms with van der Waals surface area (Å²) in [5.74, 6) is 0.541. The first-order valence-corrected chi connectivity index (χ1v) is 10.7. The summed E-state index contributed by atoms with van der Waals surface area (Å²) in [5.41, 5.74) is 3.02. The van der Waals surface area contributed by atoms with Crippen molar-refractivity contribution in [2.45, 2.75) is 32.1 Å². The number of carbonyl (C=O) groups is 1. The van der Waals surface area contributed by atoms with Crippen LogP contribution in [-0.4, -0.2) is 42.0 Å². The predicted octanol–water partition coefficient (Wildman–Crippen LogP) is 4.68. The Bertz CT molecular complexity index is 979. The van der Waals surface area contributed by atoms with Gasteiger partial charge in [0.25, 0.3) is 5.91 Å². The van der Waals surface area contributed by atoms with Gasteiger partial charge in [-0.15, -0.1) is 0 Å². The number of hydrogen-bond acceptors (Lipinski definition) is 4. The lowest BCUT2D eigenvalue weighted by molar-refractivity contribution is 0.0951. The third-order valence-electron chi connectivity index (χ3n) is 5.32. The number of carbonyl (C=O) groups excluding carboxylic acids is 1. The first-order chi connectivity index (χ1) is 14.2. The summed E-state index contributed by atoms with van der Waals surface area (Å²) in [7, 11) is 0. The Hall–Kier alpha value is -2.37. The molecule has 6 heteroatoms. The van der Waals surface area contributed by atoms with Crippen LogP contribution in [0.15, 0.2) is 46.9 Å². The molecule has 2 aromatic carbocycles. The minimum absolute atomic E-state index is 0.0710. The summed E-state index contributed by atoms with van der Waals surface area (Å²) in [4.78, 5) is 19.5. The van der Waals surface area contributed by atoms with Gasteiger partial charge in [-0.2, -0.15) is 0 Å². The highest BCUT2D eigenvalue weighted by molar-refractivity contribution is 6.30. The molecule has 0 spiro atoms. The zero-order valence-electron chi connectivity index (χ0n) is 16.5. The molecule has 1 aliphatic rings. The summed E-state index contributed by atoms with van der Waals surface area (Å²) >= 11 is 6.04. The predicted molar refractivity (Wildman–Crippen MR) is 116 cm³/mol. The van der Waals surface area contributed by atoms with Crippen LogP contribution in [0.25, 0.3) is 11.1 Å². The minimum Gasteiger partial charge on any atom is -0.440 e. The number of nitrogens with one attached hydrogen (secondary N) is 1. The molecule has 0 saturated carbocycles. The lowest BCUT2D eigenvalue weighted by atomic mass is 10.1. The molecular weight excluding hydrogens is 386 g/mol. The van der Waals surface area contributed by atoms with E-state index in [1.54, 1.807) is 12.1 Å². The Morgan fingerprint density at radius 1 is 1.14 bits per heavy atom. The maximum Gasteiger partial charge on any atom is 0.251 e. The maximum atomic E-state index is 12.5. The van der Waals surface area contributed by atoms with Crippen molar-refractivity contribution in [1.29, 1.82) is 0 Å². The Morgan fingerprint density at radius 2 is 2.00 bits per heavy atom. The van der Waals surface area contributed by atoms with Crippen LogP contribution >= 0.6 is 11.6 Å². The highest BCUT2D eigenvalue weighted by atomic mass is 35.5. The van der Waals surface area contributed by atoms with Crippen molar-refractivity contribution < 1.29 is 9.21 Å². The largest absolute Gasteiger partial charge is 0.440 e. The topological polar surface area (TPSA) is 58.4 Å². The molecule has 29 heavy (non-hydrogen) atoms. The van der Waals surface area contributed by atoms with Crippen LogP contribution in [-0.2, 0) is 6.42 Å². The lowest BCUT2D eigenvalue weighted by Crippen LogP contribution is -2.33. The Balaban J connectivity index is 1.33. The lowest BCUT2D eigenvalue weighted by Gasteiger charge is -2.26. The average Bonchev–Trinajstić information content (AvgIpc) is 3.13. The van der Waals surface area contributed by atoms with Gasteiger partial charge in [0.05, 0.1) is 0 Å². The number of benzene rings is 2. The number of likely N-dealkylation sites (tertiary alicyclic amines) is 1. The van der Waals surface area contributed by atoms with Gasteiger partial charge < -0.3 is 14.6 Å². The number of piperidine rings is 1. The third-order valence-corrected chi connectivity index (χ3v) is 5.56. The molecule has 2 heterocycles. The molecule has 5 nitrogen and oxygen atoms in total. The Morgan fingerprint density at radius 3 is 2.83 bits per heavy atom. The fourth-order valence-electron chi connectivity index (χ4n) is 3.80. The van der Waals surface area contributed by atoms with Crippen LogP contribution in [0.2, 0.25) is 5.02 Å². The van der Waals surface area contributed by atoms with Crippen molar-refractivity contribution in [1.82, 2.24) is 15.2 Å². The number of fused-ring (bicyclic) bond motifs is 1. The van der Waals surface area contributed by atoms with Gasteiger partial charge in [-0.05, 0) is 74.8 Å². The van der Waals surface area contributed by atoms with E-state index in [0.29, 0.717) is 35.0 Å². The van der Waals surface area contributed by atoms with Gasteiger partial charge >= 0.3 is 0 Å². The standard InChI is InChI=1S/C23H26ClN3O2/c24-19-7-4-6-17(14-19)15-22-26-20-9-8-18(16-21(20)29-22)23(28)25-10-5-13-27-11-2-1-3-12-27/h4,6-9,14,16H,1-3,5,10-13,15H2,(H,25,28). The Kier molecular flexibility index (Phi) is 6.47. The SMILES string of the molecule is O=C(NCCCN1CCCCC1)c1ccc2nc(Cc3cccc(Cl)c3)oc2c1. The van der Waals surface area contributed by atoms with E-state index in [1.165, 1.54) is 32.4 Å². The summed E-state index contributed by atoms with van der Waals surface area (Å²) in [6.45, 7) is 4.11. The summed E-state index contributed by atoms with van der Waals surface area (Å²) < 4.78 is 5.87. The second-order valence-electron chi connectivity index (χ2n) is 7.61. The highest BCUT2D eigenvalue weighted by Gasteiger charge is 2.12. The van der Waals surface area contributed by atoms with E-state index in [2.05, 4.69) is 15.2 Å². The molecule has 1 amide bonds. The molecule has 4 rings (SSSR count). The van der Waals surface area contributed by atoms with Gasteiger partial charge in [0.2, 0.25) is 0 Å². The quantitative estimate of drug-likeness (QED) is 0.573. The zero-order chi connectivity index (χ0) is 20.1. The minimum atomic E-state index is -0.0710. The van der Waals surface area contributed by atoms with Crippen LogP contribution in [0.1, 0.15) is 47.5 Å². The molecule has 1 aliphatic heterocycles. The van der Waals surface area contributed by atoms with E-state index in [0.717, 1.165) is 24.0 Å². The number of nitrogens with zero attached hydrogens (tertiary/aromatic N) is 2. The summed E-state index contributed by atoms with van der Waals surface area (Å²) in [6, 6.07) is 13.0. The summed E-state index contributed by atoms with van der Waals surface area (Å²) in [5, 5.41) is 3.71. The van der Waals surface area contributed by atoms with Gasteiger partial charge in [-0.1, -0.05) is 30.2 Å². The highest BCUT2D eigenvalue weighted by Crippen LogP contribution is 2.20. The molecule has 3 aromatic rings. The monoisotopic (exact) mass is 411 g/mol. The first kappa shape index (κ1) is 19.9. The maximum absolute atomic E-state index is 12.5. The molecule has 0 atom stereocenters. The molecule has 152 valence electrons. The van der Waals surface area contributed by atoms with Crippen LogP contribution in [0, 0.1) is 0 Å². The molecule has 0 aliphatic carbocycles. The van der Waals surface area contributed by atoms with Crippen LogP contribution in [0.5, 0.6) is 0 Å². The molecule has 0 radical (unpaired) electrons. The van der Waals surface area contributed by atoms with Gasteiger partial charge in [-0.3, -0.25) is 4.79 Å². The van der Waals surface area contributed by atoms with E-state index in [4.69, 9.17) is 16.0 Å². The molecule has 1 N–H and O–H groups in total. The zero-order valence-corrected chi connectivity index (χ0v) is 17.3. The number of rotatable bonds is 7. The van der Waals surface area contributed by atoms with Crippen molar-refractivity contribution in [2.24, 2.45) is 0 Å². The third kappa shape index (κ3) is 5.37. The first-order valence-electron chi connectivity index (χ1n) is 10.3. The second kappa shape index (κ2) is 9.42. The van der Waals surface area contributed by atoms with Crippen LogP contribution in [0.4, 0.5) is 0 Å². The van der Waals surface area contributed by atoms with Gasteiger partial charge in [0.1, 0.15) is 5.52 Å². The smallest absolute Gasteiger partial charge is 0.251 e. The summed E-state index contributed by atoms with van der Waals surface area (Å²) in [6.07, 6.45) is 5.47. The molecule has 1 saturated heterocycles. The number of oxazole rings is 1. The van der Waals surface area contributed by atoms with Crippen LogP contribution in [0.3, 0.4) is 0 Å². The second-order valence-corrected chi connectivity index (χ2v) is 8.04. The number of halogens is 1. The van der Waals surface area contributed by atoms with Crippen molar-refractivity contribution in [3.8, 4) is 0 Å². The van der Waals surface area contributed by atoms with Crippen molar-refractivity contribution in [3.05, 3.63) is 64.5 Å². The van der Waals surface area contributed by atoms with E-state index in [1.807, 2.05) is 30.3 Å². The molecular formula is C23H26ClN3O2. The van der Waals surface area contributed by atoms with E-state index in [9.17, 15) is 4.79 Å². The fraction of sp³-hybridized carbons (Fsp3) is 0.391. The van der Waals surface area contributed by atoms with Crippen molar-refractivity contribution >= 4 is 28.6 Å². The normalized spacial score (nSPS) is 14.9. The number of aromatic nitrogens is 1. The fourth-order valence-corrected chi connectivity index (χ4v) is 4.01. The number of hydrogen-bond donors (Lipinski definition) is 1. The molecule has 1 aromatic heterocycles. The number of amides is 1. The molecule has 0 bridgehead atoms. The average molecular weight is 412 g/mol.